The molecular weight excluding hydrogens is 220 g/mol. The van der Waals surface area contributed by atoms with Crippen molar-refractivity contribution in [2.24, 2.45) is 29.4 Å². The van der Waals surface area contributed by atoms with Gasteiger partial charge in [-0.25, -0.2) is 0 Å². The van der Waals surface area contributed by atoms with Crippen LogP contribution in [0.5, 0.6) is 0 Å². The molecule has 2 heteroatoms. The summed E-state index contributed by atoms with van der Waals surface area (Å²) in [5.41, 5.74) is 6.56. The van der Waals surface area contributed by atoms with E-state index in [-0.39, 0.29) is 0 Å². The lowest BCUT2D eigenvalue weighted by atomic mass is 9.67. The molecule has 0 aromatic heterocycles. The lowest BCUT2D eigenvalue weighted by Gasteiger charge is -2.54. The molecule has 2 aliphatic rings. The summed E-state index contributed by atoms with van der Waals surface area (Å²) in [5, 5.41) is 0. The number of hydrogen-bond acceptors (Lipinski definition) is 2. The summed E-state index contributed by atoms with van der Waals surface area (Å²) in [6.45, 7) is 13.0. The molecule has 5 atom stereocenters. The van der Waals surface area contributed by atoms with Crippen molar-refractivity contribution in [2.75, 3.05) is 19.6 Å². The topological polar surface area (TPSA) is 29.3 Å². The molecule has 1 saturated carbocycles. The Bertz CT molecular complexity index is 278. The maximum absolute atomic E-state index is 6.26. The summed E-state index contributed by atoms with van der Waals surface area (Å²) in [5.74, 6) is 3.32. The second-order valence-corrected chi connectivity index (χ2v) is 7.28. The van der Waals surface area contributed by atoms with Gasteiger partial charge >= 0.3 is 0 Å². The van der Waals surface area contributed by atoms with E-state index in [1.165, 1.54) is 38.8 Å². The molecule has 0 amide bonds. The Morgan fingerprint density at radius 1 is 1.06 bits per heavy atom. The van der Waals surface area contributed by atoms with Crippen LogP contribution >= 0.6 is 0 Å². The Labute approximate surface area is 113 Å². The van der Waals surface area contributed by atoms with Crippen molar-refractivity contribution in [3.63, 3.8) is 0 Å². The van der Waals surface area contributed by atoms with E-state index in [9.17, 15) is 0 Å². The lowest BCUT2D eigenvalue weighted by Crippen LogP contribution is -2.63. The van der Waals surface area contributed by atoms with Crippen molar-refractivity contribution in [3.8, 4) is 0 Å². The molecule has 2 nitrogen and oxygen atoms in total. The zero-order valence-electron chi connectivity index (χ0n) is 12.8. The fourth-order valence-corrected chi connectivity index (χ4v) is 4.23. The molecule has 1 aliphatic heterocycles. The summed E-state index contributed by atoms with van der Waals surface area (Å²) in [4.78, 5) is 2.76. The van der Waals surface area contributed by atoms with Crippen LogP contribution in [0.15, 0.2) is 0 Å². The number of rotatable bonds is 2. The van der Waals surface area contributed by atoms with E-state index in [2.05, 4.69) is 32.6 Å². The third-order valence-corrected chi connectivity index (χ3v) is 6.03. The predicted octanol–water partition coefficient (Wildman–Crippen LogP) is 3.12. The van der Waals surface area contributed by atoms with Crippen molar-refractivity contribution in [1.82, 2.24) is 4.90 Å². The van der Waals surface area contributed by atoms with Crippen molar-refractivity contribution in [3.05, 3.63) is 0 Å². The third kappa shape index (κ3) is 2.46. The minimum absolute atomic E-state index is 0.298. The first kappa shape index (κ1) is 14.3. The van der Waals surface area contributed by atoms with E-state index in [4.69, 9.17) is 5.73 Å². The molecule has 2 fully saturated rings. The molecule has 0 bridgehead atoms. The molecule has 106 valence electrons. The number of hydrogen-bond donors (Lipinski definition) is 1. The first-order valence-corrected chi connectivity index (χ1v) is 7.94. The van der Waals surface area contributed by atoms with E-state index in [1.54, 1.807) is 0 Å². The maximum Gasteiger partial charge on any atom is 0.0359 e. The standard InChI is InChI=1S/C16H32N2/c1-12-5-6-15(4)16(9-12,11-17)18-8-7-13(2)14(3)10-18/h12-15H,5-11,17H2,1-4H3. The van der Waals surface area contributed by atoms with Gasteiger partial charge in [-0.3, -0.25) is 4.90 Å². The maximum atomic E-state index is 6.26. The van der Waals surface area contributed by atoms with Crippen LogP contribution < -0.4 is 5.73 Å². The Morgan fingerprint density at radius 2 is 1.78 bits per heavy atom. The average Bonchev–Trinajstić information content (AvgIpc) is 2.36. The molecule has 5 unspecified atom stereocenters. The first-order chi connectivity index (χ1) is 8.49. The van der Waals surface area contributed by atoms with Gasteiger partial charge in [0.05, 0.1) is 0 Å². The molecule has 0 spiro atoms. The van der Waals surface area contributed by atoms with Gasteiger partial charge in [0.15, 0.2) is 0 Å². The van der Waals surface area contributed by atoms with E-state index in [1.807, 2.05) is 0 Å². The minimum Gasteiger partial charge on any atom is -0.329 e. The monoisotopic (exact) mass is 252 g/mol. The van der Waals surface area contributed by atoms with Gasteiger partial charge in [-0.15, -0.1) is 0 Å². The molecule has 1 aliphatic carbocycles. The fraction of sp³-hybridized carbons (Fsp3) is 1.00. The van der Waals surface area contributed by atoms with Crippen molar-refractivity contribution in [2.45, 2.75) is 58.9 Å². The molecule has 18 heavy (non-hydrogen) atoms. The van der Waals surface area contributed by atoms with Crippen LogP contribution in [0.25, 0.3) is 0 Å². The van der Waals surface area contributed by atoms with Crippen LogP contribution in [0.4, 0.5) is 0 Å². The quantitative estimate of drug-likeness (QED) is 0.818. The highest BCUT2D eigenvalue weighted by atomic mass is 15.2. The van der Waals surface area contributed by atoms with Crippen molar-refractivity contribution in [1.29, 1.82) is 0 Å². The minimum atomic E-state index is 0.298. The highest BCUT2D eigenvalue weighted by Gasteiger charge is 2.45. The fourth-order valence-electron chi connectivity index (χ4n) is 4.23. The normalized spacial score (nSPS) is 47.2. The Kier molecular flexibility index (Phi) is 4.38. The van der Waals surface area contributed by atoms with E-state index >= 15 is 0 Å². The smallest absolute Gasteiger partial charge is 0.0359 e. The highest BCUT2D eigenvalue weighted by Crippen LogP contribution is 2.42. The SMILES string of the molecule is CC1CCC(C)C(CN)(N2CCC(C)C(C)C2)C1. The Balaban J connectivity index is 2.15. The zero-order chi connectivity index (χ0) is 13.3. The molecule has 2 rings (SSSR count). The number of nitrogens with zero attached hydrogens (tertiary/aromatic N) is 1. The molecular formula is C16H32N2. The van der Waals surface area contributed by atoms with E-state index in [0.717, 1.165) is 30.2 Å². The van der Waals surface area contributed by atoms with Gasteiger partial charge in [0.25, 0.3) is 0 Å². The Morgan fingerprint density at radius 3 is 2.39 bits per heavy atom. The largest absolute Gasteiger partial charge is 0.329 e. The number of nitrogens with two attached hydrogens (primary N) is 1. The van der Waals surface area contributed by atoms with Crippen LogP contribution in [0.2, 0.25) is 0 Å². The predicted molar refractivity (Wildman–Crippen MR) is 78.5 cm³/mol. The molecule has 0 aromatic rings. The van der Waals surface area contributed by atoms with Gasteiger partial charge in [0, 0.05) is 18.6 Å². The summed E-state index contributed by atoms with van der Waals surface area (Å²) < 4.78 is 0. The molecule has 0 aromatic carbocycles. The number of likely N-dealkylation sites (tertiary alicyclic amines) is 1. The second kappa shape index (κ2) is 5.50. The molecule has 0 radical (unpaired) electrons. The van der Waals surface area contributed by atoms with Gasteiger partial charge in [0.2, 0.25) is 0 Å². The van der Waals surface area contributed by atoms with Crippen molar-refractivity contribution < 1.29 is 0 Å². The summed E-state index contributed by atoms with van der Waals surface area (Å²) in [6, 6.07) is 0. The van der Waals surface area contributed by atoms with E-state index < -0.39 is 0 Å². The number of piperidine rings is 1. The third-order valence-electron chi connectivity index (χ3n) is 6.03. The lowest BCUT2D eigenvalue weighted by molar-refractivity contribution is -0.0373. The molecule has 1 heterocycles. The highest BCUT2D eigenvalue weighted by molar-refractivity contribution is 5.01. The Hall–Kier alpha value is -0.0800. The zero-order valence-corrected chi connectivity index (χ0v) is 12.8. The van der Waals surface area contributed by atoms with Crippen LogP contribution in [0, 0.1) is 23.7 Å². The van der Waals surface area contributed by atoms with Crippen LogP contribution in [0.1, 0.15) is 53.4 Å². The van der Waals surface area contributed by atoms with Gasteiger partial charge in [0.1, 0.15) is 0 Å². The first-order valence-electron chi connectivity index (χ1n) is 7.94. The average molecular weight is 252 g/mol. The summed E-state index contributed by atoms with van der Waals surface area (Å²) in [6.07, 6.45) is 5.41. The van der Waals surface area contributed by atoms with Gasteiger partial charge in [-0.05, 0) is 49.5 Å². The summed E-state index contributed by atoms with van der Waals surface area (Å²) >= 11 is 0. The van der Waals surface area contributed by atoms with E-state index in [0.29, 0.717) is 5.54 Å². The van der Waals surface area contributed by atoms with Crippen LogP contribution in [-0.4, -0.2) is 30.1 Å². The van der Waals surface area contributed by atoms with Crippen molar-refractivity contribution >= 4 is 0 Å². The van der Waals surface area contributed by atoms with Gasteiger partial charge in [-0.1, -0.05) is 34.1 Å². The van der Waals surface area contributed by atoms with Crippen LogP contribution in [0.3, 0.4) is 0 Å². The molecule has 2 N–H and O–H groups in total. The van der Waals surface area contributed by atoms with Gasteiger partial charge < -0.3 is 5.73 Å². The molecule has 1 saturated heterocycles. The summed E-state index contributed by atoms with van der Waals surface area (Å²) in [7, 11) is 0. The van der Waals surface area contributed by atoms with Crippen LogP contribution in [-0.2, 0) is 0 Å². The van der Waals surface area contributed by atoms with Gasteiger partial charge in [-0.2, -0.15) is 0 Å². The second-order valence-electron chi connectivity index (χ2n) is 7.28.